The van der Waals surface area contributed by atoms with Gasteiger partial charge in [0.2, 0.25) is 0 Å². The van der Waals surface area contributed by atoms with Crippen molar-refractivity contribution in [2.75, 3.05) is 5.43 Å². The second-order valence-corrected chi connectivity index (χ2v) is 2.32. The fourth-order valence-electron chi connectivity index (χ4n) is 0.541. The molecule has 0 bridgehead atoms. The molecule has 10 heavy (non-hydrogen) atoms. The van der Waals surface area contributed by atoms with Crippen LogP contribution in [0.1, 0.15) is 5.69 Å². The summed E-state index contributed by atoms with van der Waals surface area (Å²) in [6.07, 6.45) is 0. The number of rotatable bonds is 1. The summed E-state index contributed by atoms with van der Waals surface area (Å²) in [4.78, 5) is 0. The van der Waals surface area contributed by atoms with Crippen LogP contribution in [0.3, 0.4) is 0 Å². The lowest BCUT2D eigenvalue weighted by Crippen LogP contribution is -2.09. The van der Waals surface area contributed by atoms with Crippen molar-refractivity contribution in [2.45, 2.75) is 6.92 Å². The van der Waals surface area contributed by atoms with E-state index in [2.05, 4.69) is 15.6 Å². The van der Waals surface area contributed by atoms with Gasteiger partial charge in [-0.1, -0.05) is 12.2 Å². The third kappa shape index (κ3) is 1.31. The van der Waals surface area contributed by atoms with Crippen LogP contribution in [0.25, 0.3) is 0 Å². The quantitative estimate of drug-likeness (QED) is 0.318. The predicted molar refractivity (Wildman–Crippen MR) is 42.0 cm³/mol. The first-order chi connectivity index (χ1) is 4.74. The lowest BCUT2D eigenvalue weighted by Gasteiger charge is -1.98. The molecule has 0 saturated carbocycles. The van der Waals surface area contributed by atoms with E-state index in [9.17, 15) is 0 Å². The number of H-pyrrole nitrogens is 1. The molecule has 0 amide bonds. The highest BCUT2D eigenvalue weighted by atomic mass is 32.1. The topological polar surface area (TPSA) is 66.7 Å². The smallest absolute Gasteiger partial charge is 0.135 e. The number of nitrogens with two attached hydrogens (primary N) is 1. The molecule has 0 fully saturated rings. The van der Waals surface area contributed by atoms with Crippen molar-refractivity contribution in [3.05, 3.63) is 16.3 Å². The van der Waals surface area contributed by atoms with Crippen LogP contribution in [-0.4, -0.2) is 10.2 Å². The summed E-state index contributed by atoms with van der Waals surface area (Å²) in [5.41, 5.74) is 3.21. The molecule has 5 heteroatoms. The van der Waals surface area contributed by atoms with Gasteiger partial charge in [-0.3, -0.25) is 5.10 Å². The molecular formula is C5H8N4S. The summed E-state index contributed by atoms with van der Waals surface area (Å²) >= 11 is 4.93. The van der Waals surface area contributed by atoms with Crippen molar-refractivity contribution in [2.24, 2.45) is 5.84 Å². The Bertz CT molecular complexity index is 279. The molecule has 0 aliphatic carbocycles. The zero-order valence-corrected chi connectivity index (χ0v) is 6.33. The Morgan fingerprint density at radius 1 is 1.80 bits per heavy atom. The standard InChI is InChI=1S/C5H8N4S/c1-3-4(10)2-5(7-6)9-8-3/h2H,6H2,1H3,(H2,7,9,10). The fourth-order valence-corrected chi connectivity index (χ4v) is 0.704. The van der Waals surface area contributed by atoms with Gasteiger partial charge >= 0.3 is 0 Å². The van der Waals surface area contributed by atoms with Crippen LogP contribution < -0.4 is 11.3 Å². The Morgan fingerprint density at radius 3 is 3.00 bits per heavy atom. The van der Waals surface area contributed by atoms with Gasteiger partial charge < -0.3 is 5.43 Å². The molecule has 1 rings (SSSR count). The third-order valence-corrected chi connectivity index (χ3v) is 1.54. The maximum Gasteiger partial charge on any atom is 0.135 e. The van der Waals surface area contributed by atoms with Gasteiger partial charge in [0.05, 0.1) is 10.2 Å². The Balaban J connectivity index is 3.17. The number of nitrogens with one attached hydrogen (secondary N) is 2. The van der Waals surface area contributed by atoms with E-state index in [1.165, 1.54) is 0 Å². The zero-order chi connectivity index (χ0) is 7.56. The van der Waals surface area contributed by atoms with Gasteiger partial charge in [0.1, 0.15) is 5.82 Å². The predicted octanol–water partition coefficient (Wildman–Crippen LogP) is 0.733. The van der Waals surface area contributed by atoms with Crippen LogP contribution in [0.5, 0.6) is 0 Å². The monoisotopic (exact) mass is 156 g/mol. The Hall–Kier alpha value is -0.940. The number of hydrogen-bond donors (Lipinski definition) is 3. The van der Waals surface area contributed by atoms with E-state index >= 15 is 0 Å². The van der Waals surface area contributed by atoms with Gasteiger partial charge in [-0.2, -0.15) is 5.10 Å². The summed E-state index contributed by atoms with van der Waals surface area (Å²) in [6.45, 7) is 1.83. The van der Waals surface area contributed by atoms with Crippen molar-refractivity contribution >= 4 is 18.0 Å². The molecule has 0 aliphatic rings. The van der Waals surface area contributed by atoms with Gasteiger partial charge in [-0.15, -0.1) is 0 Å². The number of hydrazine groups is 1. The average molecular weight is 156 g/mol. The highest BCUT2D eigenvalue weighted by molar-refractivity contribution is 7.71. The number of aromatic nitrogens is 2. The van der Waals surface area contributed by atoms with Crippen LogP contribution in [0.4, 0.5) is 5.82 Å². The molecule has 4 N–H and O–H groups in total. The molecule has 0 saturated heterocycles. The zero-order valence-electron chi connectivity index (χ0n) is 5.51. The Morgan fingerprint density at radius 2 is 2.50 bits per heavy atom. The van der Waals surface area contributed by atoms with E-state index in [4.69, 9.17) is 18.1 Å². The molecule has 0 spiro atoms. The first-order valence-electron chi connectivity index (χ1n) is 2.77. The van der Waals surface area contributed by atoms with Gasteiger partial charge in [-0.05, 0) is 6.92 Å². The van der Waals surface area contributed by atoms with Crippen molar-refractivity contribution in [3.8, 4) is 0 Å². The van der Waals surface area contributed by atoms with Crippen LogP contribution >= 0.6 is 12.2 Å². The molecular weight excluding hydrogens is 148 g/mol. The van der Waals surface area contributed by atoms with Gasteiger partial charge in [-0.25, -0.2) is 5.84 Å². The van der Waals surface area contributed by atoms with Crippen molar-refractivity contribution in [1.29, 1.82) is 0 Å². The van der Waals surface area contributed by atoms with E-state index in [-0.39, 0.29) is 0 Å². The highest BCUT2D eigenvalue weighted by Gasteiger charge is 1.90. The van der Waals surface area contributed by atoms with Crippen molar-refractivity contribution in [1.82, 2.24) is 10.2 Å². The summed E-state index contributed by atoms with van der Waals surface area (Å²) in [7, 11) is 0. The summed E-state index contributed by atoms with van der Waals surface area (Å²) in [5.74, 6) is 5.72. The minimum Gasteiger partial charge on any atom is -0.309 e. The molecule has 1 aromatic rings. The highest BCUT2D eigenvalue weighted by Crippen LogP contribution is 2.01. The SMILES string of the molecule is Cc1n[nH]c(NN)cc1=S. The number of anilines is 1. The van der Waals surface area contributed by atoms with E-state index < -0.39 is 0 Å². The molecule has 4 nitrogen and oxygen atoms in total. The summed E-state index contributed by atoms with van der Waals surface area (Å²) < 4.78 is 0.701. The molecule has 0 atom stereocenters. The van der Waals surface area contributed by atoms with Gasteiger partial charge in [0.25, 0.3) is 0 Å². The van der Waals surface area contributed by atoms with Crippen LogP contribution in [0.2, 0.25) is 0 Å². The molecule has 1 aromatic heterocycles. The lowest BCUT2D eigenvalue weighted by molar-refractivity contribution is 0.970. The number of aryl methyl sites for hydroxylation is 1. The van der Waals surface area contributed by atoms with E-state index in [1.54, 1.807) is 6.07 Å². The largest absolute Gasteiger partial charge is 0.309 e. The summed E-state index contributed by atoms with van der Waals surface area (Å²) in [6, 6.07) is 1.72. The Labute approximate surface area is 63.4 Å². The van der Waals surface area contributed by atoms with E-state index in [0.717, 1.165) is 5.69 Å². The first-order valence-corrected chi connectivity index (χ1v) is 3.18. The van der Waals surface area contributed by atoms with Crippen molar-refractivity contribution < 1.29 is 0 Å². The average Bonchev–Trinajstić information content (AvgIpc) is 1.95. The van der Waals surface area contributed by atoms with Crippen molar-refractivity contribution in [3.63, 3.8) is 0 Å². The van der Waals surface area contributed by atoms with Crippen LogP contribution in [0, 0.1) is 11.4 Å². The molecule has 0 aliphatic heterocycles. The normalized spacial score (nSPS) is 9.40. The van der Waals surface area contributed by atoms with Crippen LogP contribution in [-0.2, 0) is 0 Å². The molecule has 0 aromatic carbocycles. The first kappa shape index (κ1) is 7.17. The minimum absolute atomic E-state index is 0.621. The number of nitrogen functional groups attached to an aromatic ring is 1. The second kappa shape index (κ2) is 2.76. The van der Waals surface area contributed by atoms with E-state index in [0.29, 0.717) is 10.3 Å². The lowest BCUT2D eigenvalue weighted by atomic mass is 10.4. The summed E-state index contributed by atoms with van der Waals surface area (Å²) in [5, 5.41) is 6.55. The molecule has 0 radical (unpaired) electrons. The number of nitrogens with zero attached hydrogens (tertiary/aromatic N) is 1. The second-order valence-electron chi connectivity index (χ2n) is 1.88. The van der Waals surface area contributed by atoms with E-state index in [1.807, 2.05) is 6.92 Å². The van der Waals surface area contributed by atoms with Gasteiger partial charge in [0, 0.05) is 6.07 Å². The molecule has 54 valence electrons. The third-order valence-electron chi connectivity index (χ3n) is 1.13. The maximum atomic E-state index is 5.10. The molecule has 1 heterocycles. The minimum atomic E-state index is 0.621. The van der Waals surface area contributed by atoms with Gasteiger partial charge in [0.15, 0.2) is 0 Å². The fraction of sp³-hybridized carbons (Fsp3) is 0.200. The van der Waals surface area contributed by atoms with Crippen LogP contribution in [0.15, 0.2) is 6.07 Å². The number of aromatic amines is 1. The maximum absolute atomic E-state index is 5.10. The molecule has 0 unspecified atom stereocenters. The number of hydrogen-bond acceptors (Lipinski definition) is 4. The Kier molecular flexibility index (Phi) is 1.98.